The molecule has 0 heterocycles. The van der Waals surface area contributed by atoms with Crippen LogP contribution < -0.4 is 10.6 Å². The van der Waals surface area contributed by atoms with Crippen molar-refractivity contribution >= 4 is 5.91 Å². The minimum Gasteiger partial charge on any atom is -0.349 e. The summed E-state index contributed by atoms with van der Waals surface area (Å²) in [6.07, 6.45) is 1.24. The van der Waals surface area contributed by atoms with Gasteiger partial charge >= 0.3 is 0 Å². The molecule has 106 valence electrons. The molecule has 0 aliphatic heterocycles. The standard InChI is InChI=1S/C15H23FN2O/c1-11(2)17-10-6-9-15(19)18-12(3)13-7-4-5-8-14(13)16/h4-5,7-8,11-12,17H,6,9-10H2,1-3H3,(H,18,19)/t12-/m1/s1. The predicted molar refractivity (Wildman–Crippen MR) is 75.3 cm³/mol. The lowest BCUT2D eigenvalue weighted by molar-refractivity contribution is -0.121. The van der Waals surface area contributed by atoms with Gasteiger partial charge in [-0.2, -0.15) is 0 Å². The maximum Gasteiger partial charge on any atom is 0.220 e. The van der Waals surface area contributed by atoms with Gasteiger partial charge in [-0.3, -0.25) is 4.79 Å². The highest BCUT2D eigenvalue weighted by Gasteiger charge is 2.12. The Labute approximate surface area is 114 Å². The maximum absolute atomic E-state index is 13.5. The summed E-state index contributed by atoms with van der Waals surface area (Å²) in [6.45, 7) is 6.75. The fraction of sp³-hybridized carbons (Fsp3) is 0.533. The van der Waals surface area contributed by atoms with Gasteiger partial charge in [-0.15, -0.1) is 0 Å². The molecule has 0 bridgehead atoms. The summed E-state index contributed by atoms with van der Waals surface area (Å²) in [4.78, 5) is 11.7. The first-order valence-electron chi connectivity index (χ1n) is 6.78. The Morgan fingerprint density at radius 1 is 1.26 bits per heavy atom. The molecule has 4 heteroatoms. The van der Waals surface area contributed by atoms with Crippen LogP contribution in [0.4, 0.5) is 4.39 Å². The Morgan fingerprint density at radius 2 is 1.95 bits per heavy atom. The Morgan fingerprint density at radius 3 is 2.58 bits per heavy atom. The van der Waals surface area contributed by atoms with Crippen molar-refractivity contribution in [1.82, 2.24) is 10.6 Å². The Kier molecular flexibility index (Phi) is 6.50. The third-order valence-corrected chi connectivity index (χ3v) is 2.88. The number of hydrogen-bond acceptors (Lipinski definition) is 2. The third kappa shape index (κ3) is 5.83. The first-order chi connectivity index (χ1) is 9.00. The lowest BCUT2D eigenvalue weighted by Gasteiger charge is -2.15. The number of amides is 1. The fourth-order valence-electron chi connectivity index (χ4n) is 1.86. The van der Waals surface area contributed by atoms with Gasteiger partial charge in [0.05, 0.1) is 6.04 Å². The number of carbonyl (C=O) groups excluding carboxylic acids is 1. The van der Waals surface area contributed by atoms with Crippen molar-refractivity contribution in [3.63, 3.8) is 0 Å². The molecule has 0 saturated heterocycles. The molecule has 1 aromatic rings. The highest BCUT2D eigenvalue weighted by molar-refractivity contribution is 5.76. The van der Waals surface area contributed by atoms with E-state index < -0.39 is 0 Å². The zero-order valence-corrected chi connectivity index (χ0v) is 11.9. The molecule has 1 amide bonds. The Balaban J connectivity index is 2.34. The molecule has 0 spiro atoms. The van der Waals surface area contributed by atoms with E-state index in [-0.39, 0.29) is 17.8 Å². The van der Waals surface area contributed by atoms with Gasteiger partial charge in [-0.05, 0) is 26.0 Å². The van der Waals surface area contributed by atoms with Crippen molar-refractivity contribution in [3.05, 3.63) is 35.6 Å². The minimum absolute atomic E-state index is 0.0405. The highest BCUT2D eigenvalue weighted by Crippen LogP contribution is 2.16. The summed E-state index contributed by atoms with van der Waals surface area (Å²) < 4.78 is 13.5. The van der Waals surface area contributed by atoms with E-state index in [1.165, 1.54) is 6.07 Å². The summed E-state index contributed by atoms with van der Waals surface area (Å²) in [6, 6.07) is 6.65. The van der Waals surface area contributed by atoms with Crippen LogP contribution in [0, 0.1) is 5.82 Å². The average molecular weight is 266 g/mol. The molecular weight excluding hydrogens is 243 g/mol. The van der Waals surface area contributed by atoms with Crippen molar-refractivity contribution in [2.45, 2.75) is 45.7 Å². The smallest absolute Gasteiger partial charge is 0.220 e. The van der Waals surface area contributed by atoms with Crippen LogP contribution in [-0.4, -0.2) is 18.5 Å². The Bertz CT molecular complexity index is 407. The van der Waals surface area contributed by atoms with Crippen LogP contribution in [0.15, 0.2) is 24.3 Å². The lowest BCUT2D eigenvalue weighted by atomic mass is 10.1. The summed E-state index contributed by atoms with van der Waals surface area (Å²) in [5.74, 6) is -0.321. The first kappa shape index (κ1) is 15.6. The largest absolute Gasteiger partial charge is 0.349 e. The maximum atomic E-state index is 13.5. The van der Waals surface area contributed by atoms with E-state index in [0.717, 1.165) is 13.0 Å². The third-order valence-electron chi connectivity index (χ3n) is 2.88. The van der Waals surface area contributed by atoms with Crippen LogP contribution in [0.5, 0.6) is 0 Å². The zero-order valence-electron chi connectivity index (χ0n) is 11.9. The van der Waals surface area contributed by atoms with E-state index in [2.05, 4.69) is 24.5 Å². The van der Waals surface area contributed by atoms with Crippen LogP contribution in [-0.2, 0) is 4.79 Å². The van der Waals surface area contributed by atoms with Crippen LogP contribution >= 0.6 is 0 Å². The molecule has 2 N–H and O–H groups in total. The molecule has 1 rings (SSSR count). The number of nitrogens with one attached hydrogen (secondary N) is 2. The van der Waals surface area contributed by atoms with Gasteiger partial charge in [-0.1, -0.05) is 32.0 Å². The number of carbonyl (C=O) groups is 1. The topological polar surface area (TPSA) is 41.1 Å². The second kappa shape index (κ2) is 7.89. The molecule has 0 fully saturated rings. The zero-order chi connectivity index (χ0) is 14.3. The molecule has 0 unspecified atom stereocenters. The van der Waals surface area contributed by atoms with E-state index in [0.29, 0.717) is 18.0 Å². The molecule has 1 atom stereocenters. The van der Waals surface area contributed by atoms with Gasteiger partial charge in [0.25, 0.3) is 0 Å². The number of halogens is 1. The molecule has 1 aromatic carbocycles. The van der Waals surface area contributed by atoms with E-state index in [9.17, 15) is 9.18 Å². The first-order valence-corrected chi connectivity index (χ1v) is 6.78. The SMILES string of the molecule is CC(C)NCCCC(=O)N[C@H](C)c1ccccc1F. The van der Waals surface area contributed by atoms with E-state index in [4.69, 9.17) is 0 Å². The molecule has 3 nitrogen and oxygen atoms in total. The number of benzene rings is 1. The van der Waals surface area contributed by atoms with E-state index in [1.54, 1.807) is 25.1 Å². The lowest BCUT2D eigenvalue weighted by Crippen LogP contribution is -2.29. The van der Waals surface area contributed by atoms with Crippen LogP contribution in [0.25, 0.3) is 0 Å². The number of rotatable bonds is 7. The molecule has 19 heavy (non-hydrogen) atoms. The van der Waals surface area contributed by atoms with Crippen molar-refractivity contribution in [2.24, 2.45) is 0 Å². The quantitative estimate of drug-likeness (QED) is 0.745. The van der Waals surface area contributed by atoms with E-state index in [1.807, 2.05) is 0 Å². The summed E-state index contributed by atoms with van der Waals surface area (Å²) in [7, 11) is 0. The molecule has 0 aliphatic carbocycles. The van der Waals surface area contributed by atoms with Crippen molar-refractivity contribution in [3.8, 4) is 0 Å². The van der Waals surface area contributed by atoms with Gasteiger partial charge < -0.3 is 10.6 Å². The van der Waals surface area contributed by atoms with Crippen LogP contribution in [0.3, 0.4) is 0 Å². The fourth-order valence-corrected chi connectivity index (χ4v) is 1.86. The summed E-state index contributed by atoms with van der Waals surface area (Å²) in [5, 5.41) is 6.07. The molecular formula is C15H23FN2O. The van der Waals surface area contributed by atoms with E-state index >= 15 is 0 Å². The van der Waals surface area contributed by atoms with Crippen LogP contribution in [0.1, 0.15) is 45.2 Å². The van der Waals surface area contributed by atoms with Crippen molar-refractivity contribution in [2.75, 3.05) is 6.54 Å². The highest BCUT2D eigenvalue weighted by atomic mass is 19.1. The Hall–Kier alpha value is -1.42. The minimum atomic E-state index is -0.299. The normalized spacial score (nSPS) is 12.5. The second-order valence-electron chi connectivity index (χ2n) is 5.02. The molecule has 0 aromatic heterocycles. The van der Waals surface area contributed by atoms with Gasteiger partial charge in [-0.25, -0.2) is 4.39 Å². The average Bonchev–Trinajstić information content (AvgIpc) is 2.35. The second-order valence-corrected chi connectivity index (χ2v) is 5.02. The van der Waals surface area contributed by atoms with Crippen molar-refractivity contribution in [1.29, 1.82) is 0 Å². The van der Waals surface area contributed by atoms with Gasteiger partial charge in [0.15, 0.2) is 0 Å². The molecule has 0 radical (unpaired) electrons. The van der Waals surface area contributed by atoms with Crippen molar-refractivity contribution < 1.29 is 9.18 Å². The van der Waals surface area contributed by atoms with Gasteiger partial charge in [0.2, 0.25) is 5.91 Å². The van der Waals surface area contributed by atoms with Crippen LogP contribution in [0.2, 0.25) is 0 Å². The number of hydrogen-bond donors (Lipinski definition) is 2. The molecule has 0 saturated carbocycles. The van der Waals surface area contributed by atoms with Gasteiger partial charge in [0, 0.05) is 18.0 Å². The molecule has 0 aliphatic rings. The van der Waals surface area contributed by atoms with Gasteiger partial charge in [0.1, 0.15) is 5.82 Å². The summed E-state index contributed by atoms with van der Waals surface area (Å²) >= 11 is 0. The monoisotopic (exact) mass is 266 g/mol. The summed E-state index contributed by atoms with van der Waals surface area (Å²) in [5.41, 5.74) is 0.524. The predicted octanol–water partition coefficient (Wildman–Crippen LogP) is 2.78.